The van der Waals surface area contributed by atoms with Crippen LogP contribution < -0.4 is 0 Å². The number of hydrogen-bond acceptors (Lipinski definition) is 5. The van der Waals surface area contributed by atoms with Crippen molar-refractivity contribution in [2.24, 2.45) is 11.1 Å². The molecule has 0 amide bonds. The number of benzene rings is 1. The molecule has 2 rings (SSSR count). The van der Waals surface area contributed by atoms with Crippen molar-refractivity contribution in [1.82, 2.24) is 0 Å². The molecule has 6 heteroatoms. The summed E-state index contributed by atoms with van der Waals surface area (Å²) in [6.07, 6.45) is 0. The summed E-state index contributed by atoms with van der Waals surface area (Å²) in [6, 6.07) is 7.65. The molecule has 0 unspecified atom stereocenters. The van der Waals surface area contributed by atoms with Crippen molar-refractivity contribution in [1.29, 1.82) is 10.7 Å². The van der Waals surface area contributed by atoms with Gasteiger partial charge < -0.3 is 5.21 Å². The lowest BCUT2D eigenvalue weighted by molar-refractivity contribution is 0.318. The second-order valence-electron chi connectivity index (χ2n) is 3.54. The van der Waals surface area contributed by atoms with Crippen LogP contribution in [0, 0.1) is 28.5 Å². The molecule has 86 valence electrons. The Bertz CT molecular complexity index is 521. The monoisotopic (exact) mass is 249 g/mol. The van der Waals surface area contributed by atoms with Gasteiger partial charge in [-0.05, 0) is 17.7 Å². The van der Waals surface area contributed by atoms with Crippen LogP contribution in [0.5, 0.6) is 0 Å². The summed E-state index contributed by atoms with van der Waals surface area (Å²) < 4.78 is 12.8. The van der Waals surface area contributed by atoms with E-state index in [9.17, 15) is 4.39 Å². The number of nitriles is 1. The molecule has 1 aliphatic rings. The van der Waals surface area contributed by atoms with Gasteiger partial charge in [-0.25, -0.2) is 4.39 Å². The van der Waals surface area contributed by atoms with Crippen LogP contribution in [0.4, 0.5) is 4.39 Å². The van der Waals surface area contributed by atoms with E-state index in [0.29, 0.717) is 10.6 Å². The molecule has 17 heavy (non-hydrogen) atoms. The second kappa shape index (κ2) is 4.55. The van der Waals surface area contributed by atoms with Gasteiger partial charge in [0.05, 0.1) is 17.0 Å². The predicted octanol–water partition coefficient (Wildman–Crippen LogP) is 2.56. The fraction of sp³-hybridized carbons (Fsp3) is 0.182. The van der Waals surface area contributed by atoms with Gasteiger partial charge in [0.2, 0.25) is 0 Å². The van der Waals surface area contributed by atoms with E-state index in [1.54, 1.807) is 0 Å². The Balaban J connectivity index is 2.44. The second-order valence-corrected chi connectivity index (χ2v) is 4.60. The van der Waals surface area contributed by atoms with E-state index in [4.69, 9.17) is 15.9 Å². The molecule has 1 fully saturated rings. The molecule has 1 aromatic carbocycles. The van der Waals surface area contributed by atoms with Crippen molar-refractivity contribution in [2.45, 2.75) is 5.92 Å². The largest absolute Gasteiger partial charge is 0.410 e. The number of thioether (sulfide) groups is 1. The third kappa shape index (κ3) is 2.01. The lowest BCUT2D eigenvalue weighted by Gasteiger charge is -2.12. The van der Waals surface area contributed by atoms with Crippen molar-refractivity contribution in [3.63, 3.8) is 0 Å². The van der Waals surface area contributed by atoms with Crippen LogP contribution in [0.2, 0.25) is 0 Å². The summed E-state index contributed by atoms with van der Waals surface area (Å²) in [6.45, 7) is 0. The maximum absolute atomic E-state index is 12.8. The number of nitrogens with one attached hydrogen (secondary N) is 1. The van der Waals surface area contributed by atoms with Gasteiger partial charge in [0, 0.05) is 0 Å². The van der Waals surface area contributed by atoms with Crippen molar-refractivity contribution >= 4 is 21.8 Å². The third-order valence-electron chi connectivity index (χ3n) is 2.56. The van der Waals surface area contributed by atoms with Crippen molar-refractivity contribution in [3.8, 4) is 6.07 Å². The molecule has 1 heterocycles. The molecule has 0 radical (unpaired) electrons. The summed E-state index contributed by atoms with van der Waals surface area (Å²) in [5.74, 6) is -1.52. The van der Waals surface area contributed by atoms with Crippen LogP contribution in [-0.4, -0.2) is 15.3 Å². The molecule has 0 aromatic heterocycles. The van der Waals surface area contributed by atoms with Gasteiger partial charge in [0.1, 0.15) is 16.8 Å². The van der Waals surface area contributed by atoms with Crippen molar-refractivity contribution < 1.29 is 9.60 Å². The molecule has 0 aliphatic carbocycles. The van der Waals surface area contributed by atoms with Gasteiger partial charge in [-0.1, -0.05) is 29.1 Å². The van der Waals surface area contributed by atoms with Gasteiger partial charge in [-0.3, -0.25) is 5.41 Å². The summed E-state index contributed by atoms with van der Waals surface area (Å²) in [5, 5.41) is 29.1. The Labute approximate surface area is 101 Å². The van der Waals surface area contributed by atoms with Crippen LogP contribution in [0.1, 0.15) is 11.5 Å². The number of hydrogen-bond donors (Lipinski definition) is 2. The zero-order valence-corrected chi connectivity index (χ0v) is 9.41. The van der Waals surface area contributed by atoms with E-state index in [-0.39, 0.29) is 10.9 Å². The van der Waals surface area contributed by atoms with Crippen LogP contribution in [0.15, 0.2) is 29.4 Å². The molecule has 4 nitrogen and oxygen atoms in total. The summed E-state index contributed by atoms with van der Waals surface area (Å²) >= 11 is 0.972. The minimum Gasteiger partial charge on any atom is -0.410 e. The van der Waals surface area contributed by atoms with Crippen LogP contribution in [0.3, 0.4) is 0 Å². The average molecular weight is 249 g/mol. The zero-order valence-electron chi connectivity index (χ0n) is 8.59. The quantitative estimate of drug-likeness (QED) is 0.593. The predicted molar refractivity (Wildman–Crippen MR) is 62.8 cm³/mol. The van der Waals surface area contributed by atoms with Gasteiger partial charge in [-0.2, -0.15) is 5.26 Å². The Morgan fingerprint density at radius 3 is 2.59 bits per heavy atom. The minimum atomic E-state index is -0.670. The highest BCUT2D eigenvalue weighted by Gasteiger charge is 2.40. The van der Waals surface area contributed by atoms with E-state index in [1.165, 1.54) is 24.3 Å². The first-order valence-corrected chi connectivity index (χ1v) is 5.62. The van der Waals surface area contributed by atoms with Gasteiger partial charge in [0.15, 0.2) is 0 Å². The van der Waals surface area contributed by atoms with E-state index < -0.39 is 11.8 Å². The molecule has 0 saturated carbocycles. The first-order chi connectivity index (χ1) is 8.17. The maximum atomic E-state index is 12.8. The van der Waals surface area contributed by atoms with Gasteiger partial charge >= 0.3 is 0 Å². The molecule has 2 atom stereocenters. The normalized spacial score (nSPS) is 26.1. The number of rotatable bonds is 1. The van der Waals surface area contributed by atoms with E-state index in [0.717, 1.165) is 11.8 Å². The van der Waals surface area contributed by atoms with Crippen molar-refractivity contribution in [2.75, 3.05) is 0 Å². The SMILES string of the molecule is N#C[C@H]1C(=N)S/C(=N/O)[C@H]1c1ccc(F)cc1. The molecule has 1 aromatic rings. The topological polar surface area (TPSA) is 80.2 Å². The smallest absolute Gasteiger partial charge is 0.128 e. The van der Waals surface area contributed by atoms with E-state index >= 15 is 0 Å². The highest BCUT2D eigenvalue weighted by atomic mass is 32.2. The van der Waals surface area contributed by atoms with E-state index in [1.807, 2.05) is 6.07 Å². The number of oxime groups is 1. The zero-order chi connectivity index (χ0) is 12.4. The third-order valence-corrected chi connectivity index (χ3v) is 3.58. The summed E-state index contributed by atoms with van der Waals surface area (Å²) in [5.41, 5.74) is 0.667. The van der Waals surface area contributed by atoms with Gasteiger partial charge in [0.25, 0.3) is 0 Å². The van der Waals surface area contributed by atoms with Crippen LogP contribution in [-0.2, 0) is 0 Å². The van der Waals surface area contributed by atoms with E-state index in [2.05, 4.69) is 5.16 Å². The lowest BCUT2D eigenvalue weighted by Crippen LogP contribution is -2.14. The molecule has 0 bridgehead atoms. The Kier molecular flexibility index (Phi) is 3.11. The average Bonchev–Trinajstić information content (AvgIpc) is 2.66. The Hall–Kier alpha value is -1.87. The number of halogens is 1. The van der Waals surface area contributed by atoms with Gasteiger partial charge in [-0.15, -0.1) is 0 Å². The highest BCUT2D eigenvalue weighted by Crippen LogP contribution is 2.41. The fourth-order valence-corrected chi connectivity index (χ4v) is 2.74. The summed E-state index contributed by atoms with van der Waals surface area (Å²) in [7, 11) is 0. The van der Waals surface area contributed by atoms with Crippen molar-refractivity contribution in [3.05, 3.63) is 35.6 Å². The Morgan fingerprint density at radius 1 is 1.41 bits per heavy atom. The van der Waals surface area contributed by atoms with Crippen LogP contribution in [0.25, 0.3) is 0 Å². The molecular weight excluding hydrogens is 241 g/mol. The summed E-state index contributed by atoms with van der Waals surface area (Å²) in [4.78, 5) is 0. The number of nitrogens with zero attached hydrogens (tertiary/aromatic N) is 2. The molecule has 2 N–H and O–H groups in total. The fourth-order valence-electron chi connectivity index (χ4n) is 1.75. The first kappa shape index (κ1) is 11.6. The minimum absolute atomic E-state index is 0.148. The lowest BCUT2D eigenvalue weighted by atomic mass is 9.88. The first-order valence-electron chi connectivity index (χ1n) is 4.80. The molecular formula is C11H8FN3OS. The van der Waals surface area contributed by atoms with Crippen LogP contribution >= 0.6 is 11.8 Å². The maximum Gasteiger partial charge on any atom is 0.128 e. The molecule has 1 aliphatic heterocycles. The standard InChI is InChI=1S/C11H8FN3OS/c12-7-3-1-6(2-4-7)9-8(5-13)10(14)17-11(9)15-16/h1-4,8-9,14,16H/b14-10?,15-11+/t8-,9+/m1/s1. The highest BCUT2D eigenvalue weighted by molar-refractivity contribution is 8.27. The molecule has 1 saturated heterocycles. The molecule has 0 spiro atoms. The Morgan fingerprint density at radius 2 is 2.06 bits per heavy atom.